The summed E-state index contributed by atoms with van der Waals surface area (Å²) >= 11 is 0. The minimum atomic E-state index is -0.540. The number of nitrogens with zero attached hydrogens (tertiary/aromatic N) is 1. The predicted molar refractivity (Wildman–Crippen MR) is 172 cm³/mol. The zero-order chi connectivity index (χ0) is 33.7. The van der Waals surface area contributed by atoms with Crippen LogP contribution in [0.1, 0.15) is 45.5 Å². The van der Waals surface area contributed by atoms with Crippen molar-refractivity contribution < 1.29 is 42.9 Å². The van der Waals surface area contributed by atoms with Crippen molar-refractivity contribution in [3.63, 3.8) is 0 Å². The molecule has 1 atom stereocenters. The largest absolute Gasteiger partial charge is 0.495 e. The Labute approximate surface area is 269 Å². The fraction of sp³-hybridized carbons (Fsp3) is 0.469. The van der Waals surface area contributed by atoms with Crippen LogP contribution in [0.15, 0.2) is 36.4 Å². The highest BCUT2D eigenvalue weighted by atomic mass is 16.5. The van der Waals surface area contributed by atoms with Crippen molar-refractivity contribution in [1.29, 1.82) is 0 Å². The van der Waals surface area contributed by atoms with E-state index in [1.54, 1.807) is 48.3 Å². The first-order chi connectivity index (χ1) is 22.2. The number of hydrogen-bond acceptors (Lipinski definition) is 11. The summed E-state index contributed by atoms with van der Waals surface area (Å²) in [5.74, 6) is -0.288. The number of carbonyl (C=O) groups is 5. The van der Waals surface area contributed by atoms with E-state index in [1.807, 2.05) is 0 Å². The molecule has 3 amide bonds. The van der Waals surface area contributed by atoms with Crippen molar-refractivity contribution >= 4 is 41.7 Å². The maximum absolute atomic E-state index is 12.6. The van der Waals surface area contributed by atoms with Gasteiger partial charge in [-0.25, -0.2) is 0 Å². The van der Waals surface area contributed by atoms with Crippen LogP contribution in [0.5, 0.6) is 5.75 Å². The lowest BCUT2D eigenvalue weighted by atomic mass is 10.0. The van der Waals surface area contributed by atoms with Crippen LogP contribution in [0.2, 0.25) is 0 Å². The standard InChI is InChI=1S/C32H45N5O9/c1-34-30(40)10-8-25(22-39)37(2)20-26-24(21-38)5-4-6-28(26)36-31(41)11-13-44-15-17-46-18-16-45-14-12-35-32(42)23-7-9-27(33)29(19-23)43-3/h4-7,9,19,21-22,25H,8,10-18,20,33H2,1-3H3,(H,34,40)(H,35,42)(H,36,41). The Bertz CT molecular complexity index is 1290. The van der Waals surface area contributed by atoms with E-state index in [0.29, 0.717) is 79.5 Å². The Kier molecular flexibility index (Phi) is 17.6. The molecule has 0 radical (unpaired) electrons. The number of nitrogens with one attached hydrogen (secondary N) is 3. The quantitative estimate of drug-likeness (QED) is 0.0779. The van der Waals surface area contributed by atoms with Gasteiger partial charge in [-0.05, 0) is 37.7 Å². The fourth-order valence-electron chi connectivity index (χ4n) is 4.28. The molecule has 0 saturated heterocycles. The van der Waals surface area contributed by atoms with Gasteiger partial charge in [0.1, 0.15) is 18.3 Å². The molecule has 0 bridgehead atoms. The average Bonchev–Trinajstić information content (AvgIpc) is 3.06. The Morgan fingerprint density at radius 3 is 2.28 bits per heavy atom. The summed E-state index contributed by atoms with van der Waals surface area (Å²) in [5, 5.41) is 8.11. The van der Waals surface area contributed by atoms with Crippen LogP contribution >= 0.6 is 0 Å². The van der Waals surface area contributed by atoms with Gasteiger partial charge in [0.05, 0.1) is 64.9 Å². The van der Waals surface area contributed by atoms with Gasteiger partial charge in [0.15, 0.2) is 0 Å². The van der Waals surface area contributed by atoms with Gasteiger partial charge in [-0.15, -0.1) is 0 Å². The number of methoxy groups -OCH3 is 1. The number of nitrogens with two attached hydrogens (primary N) is 1. The van der Waals surface area contributed by atoms with Crippen LogP contribution in [0.25, 0.3) is 0 Å². The van der Waals surface area contributed by atoms with Gasteiger partial charge < -0.3 is 45.4 Å². The van der Waals surface area contributed by atoms with E-state index in [-0.39, 0.29) is 50.3 Å². The van der Waals surface area contributed by atoms with Crippen LogP contribution in [0.3, 0.4) is 0 Å². The van der Waals surface area contributed by atoms with Crippen molar-refractivity contribution in [3.05, 3.63) is 53.1 Å². The number of aldehydes is 2. The molecule has 2 rings (SSSR count). The van der Waals surface area contributed by atoms with Gasteiger partial charge in [-0.2, -0.15) is 0 Å². The Hall–Kier alpha value is -4.37. The van der Waals surface area contributed by atoms with Crippen molar-refractivity contribution in [3.8, 4) is 5.75 Å². The number of nitrogen functional groups attached to an aromatic ring is 1. The summed E-state index contributed by atoms with van der Waals surface area (Å²) in [7, 11) is 4.74. The van der Waals surface area contributed by atoms with Crippen LogP contribution in [-0.2, 0) is 35.1 Å². The first kappa shape index (κ1) is 37.8. The van der Waals surface area contributed by atoms with E-state index in [2.05, 4.69) is 16.0 Å². The van der Waals surface area contributed by atoms with Gasteiger partial charge in [0, 0.05) is 48.9 Å². The number of carbonyl (C=O) groups excluding carboxylic acids is 5. The van der Waals surface area contributed by atoms with Gasteiger partial charge >= 0.3 is 0 Å². The lowest BCUT2D eigenvalue weighted by molar-refractivity contribution is -0.121. The number of ether oxygens (including phenoxy) is 4. The lowest BCUT2D eigenvalue weighted by Gasteiger charge is -2.25. The maximum Gasteiger partial charge on any atom is 0.251 e. The molecule has 2 aromatic carbocycles. The monoisotopic (exact) mass is 643 g/mol. The molecule has 252 valence electrons. The third-order valence-corrected chi connectivity index (χ3v) is 6.94. The smallest absolute Gasteiger partial charge is 0.251 e. The minimum absolute atomic E-state index is 0.0850. The SMILES string of the molecule is CNC(=O)CCC(C=O)N(C)Cc1c(C=O)cccc1NC(=O)CCOCCOCCOCCNC(=O)c1ccc(N)c(OC)c1. The highest BCUT2D eigenvalue weighted by Crippen LogP contribution is 2.23. The first-order valence-corrected chi connectivity index (χ1v) is 14.9. The van der Waals surface area contributed by atoms with Crippen molar-refractivity contribution in [2.24, 2.45) is 0 Å². The van der Waals surface area contributed by atoms with E-state index < -0.39 is 6.04 Å². The molecule has 14 heteroatoms. The van der Waals surface area contributed by atoms with Gasteiger partial charge in [-0.3, -0.25) is 24.1 Å². The normalized spacial score (nSPS) is 11.5. The average molecular weight is 644 g/mol. The molecule has 0 spiro atoms. The van der Waals surface area contributed by atoms with Gasteiger partial charge in [-0.1, -0.05) is 12.1 Å². The molecule has 0 heterocycles. The number of rotatable bonds is 23. The van der Waals surface area contributed by atoms with E-state index >= 15 is 0 Å². The maximum atomic E-state index is 12.6. The summed E-state index contributed by atoms with van der Waals surface area (Å²) < 4.78 is 21.5. The lowest BCUT2D eigenvalue weighted by Crippen LogP contribution is -2.34. The zero-order valence-electron chi connectivity index (χ0n) is 26.7. The third kappa shape index (κ3) is 13.3. The third-order valence-electron chi connectivity index (χ3n) is 6.94. The Morgan fingerprint density at radius 2 is 1.63 bits per heavy atom. The minimum Gasteiger partial charge on any atom is -0.495 e. The molecule has 0 aliphatic carbocycles. The molecule has 14 nitrogen and oxygen atoms in total. The van der Waals surface area contributed by atoms with Crippen LogP contribution < -0.4 is 26.4 Å². The topological polar surface area (TPSA) is 188 Å². The predicted octanol–water partition coefficient (Wildman–Crippen LogP) is 1.42. The summed E-state index contributed by atoms with van der Waals surface area (Å²) in [6, 6.07) is 9.26. The van der Waals surface area contributed by atoms with Crippen molar-refractivity contribution in [2.75, 3.05) is 78.4 Å². The summed E-state index contributed by atoms with van der Waals surface area (Å²) in [4.78, 5) is 61.5. The second-order valence-corrected chi connectivity index (χ2v) is 10.2. The number of likely N-dealkylation sites (N-methyl/N-ethyl adjacent to an activating group) is 1. The molecule has 5 N–H and O–H groups in total. The van der Waals surface area contributed by atoms with Gasteiger partial charge in [0.25, 0.3) is 5.91 Å². The molecule has 46 heavy (non-hydrogen) atoms. The summed E-state index contributed by atoms with van der Waals surface area (Å²) in [6.07, 6.45) is 2.06. The van der Waals surface area contributed by atoms with E-state index in [1.165, 1.54) is 14.2 Å². The summed E-state index contributed by atoms with van der Waals surface area (Å²) in [5.41, 5.74) is 8.08. The molecule has 0 saturated carbocycles. The summed E-state index contributed by atoms with van der Waals surface area (Å²) in [6.45, 7) is 2.31. The number of anilines is 2. The van der Waals surface area contributed by atoms with E-state index in [4.69, 9.17) is 24.7 Å². The zero-order valence-corrected chi connectivity index (χ0v) is 26.7. The Balaban J connectivity index is 1.62. The number of hydrogen-bond donors (Lipinski definition) is 4. The molecule has 2 aromatic rings. The highest BCUT2D eigenvalue weighted by Gasteiger charge is 2.19. The number of amides is 3. The number of benzene rings is 2. The van der Waals surface area contributed by atoms with Gasteiger partial charge in [0.2, 0.25) is 11.8 Å². The van der Waals surface area contributed by atoms with E-state index in [9.17, 15) is 24.0 Å². The van der Waals surface area contributed by atoms with Crippen LogP contribution in [0.4, 0.5) is 11.4 Å². The fourth-order valence-corrected chi connectivity index (χ4v) is 4.28. The molecule has 0 aromatic heterocycles. The molecule has 0 fully saturated rings. The van der Waals surface area contributed by atoms with Crippen molar-refractivity contribution in [1.82, 2.24) is 15.5 Å². The van der Waals surface area contributed by atoms with Crippen LogP contribution in [0, 0.1) is 0 Å². The van der Waals surface area contributed by atoms with Crippen LogP contribution in [-0.4, -0.2) is 109 Å². The highest BCUT2D eigenvalue weighted by molar-refractivity contribution is 5.95. The first-order valence-electron chi connectivity index (χ1n) is 14.9. The van der Waals surface area contributed by atoms with E-state index in [0.717, 1.165) is 6.29 Å². The molecule has 0 aliphatic heterocycles. The molecule has 1 unspecified atom stereocenters. The van der Waals surface area contributed by atoms with Crippen molar-refractivity contribution in [2.45, 2.75) is 31.8 Å². The molecular formula is C32H45N5O9. The Morgan fingerprint density at radius 1 is 0.935 bits per heavy atom. The molecule has 0 aliphatic rings. The molecular weight excluding hydrogens is 598 g/mol. The second-order valence-electron chi connectivity index (χ2n) is 10.2. The second kappa shape index (κ2) is 21.4.